The molecule has 0 aliphatic carbocycles. The summed E-state index contributed by atoms with van der Waals surface area (Å²) in [7, 11) is 0. The number of hydrogen-bond donors (Lipinski definition) is 4. The standard InChI is InChI=1S/C21H19N5O4/c1-21(2)18(27)17(15-9-12(10-22)3-8-16(15)30-21)26-20(24-11-23)25-14-6-4-13(5-7-14)19(28)29/h3-9,17-18,27H,1-2H3,(H,28,29)(H2,24,25,26)/t17-,18+/m1/s1. The molecule has 152 valence electrons. The summed E-state index contributed by atoms with van der Waals surface area (Å²) in [5.74, 6) is -0.515. The minimum Gasteiger partial charge on any atom is -0.485 e. The maximum absolute atomic E-state index is 11.0. The molecule has 4 N–H and O–H groups in total. The van der Waals surface area contributed by atoms with Crippen LogP contribution in [0.3, 0.4) is 0 Å². The third-order valence-electron chi connectivity index (χ3n) is 4.68. The highest BCUT2D eigenvalue weighted by Crippen LogP contribution is 2.42. The molecule has 0 spiro atoms. The van der Waals surface area contributed by atoms with Crippen LogP contribution in [0.1, 0.15) is 41.4 Å². The largest absolute Gasteiger partial charge is 0.485 e. The lowest BCUT2D eigenvalue weighted by molar-refractivity contribution is -0.0567. The lowest BCUT2D eigenvalue weighted by Crippen LogP contribution is -2.49. The number of guanidine groups is 1. The lowest BCUT2D eigenvalue weighted by atomic mass is 9.86. The van der Waals surface area contributed by atoms with E-state index in [0.717, 1.165) is 0 Å². The Morgan fingerprint density at radius 3 is 2.50 bits per heavy atom. The van der Waals surface area contributed by atoms with Gasteiger partial charge in [0, 0.05) is 11.3 Å². The molecule has 2 atom stereocenters. The zero-order valence-corrected chi connectivity index (χ0v) is 16.2. The molecule has 3 rings (SSSR count). The molecule has 1 heterocycles. The number of nitriles is 2. The van der Waals surface area contributed by atoms with Gasteiger partial charge in [0.25, 0.3) is 0 Å². The van der Waals surface area contributed by atoms with Crippen molar-refractivity contribution in [2.75, 3.05) is 5.32 Å². The van der Waals surface area contributed by atoms with Crippen LogP contribution in [0.4, 0.5) is 5.69 Å². The molecule has 0 radical (unpaired) electrons. The number of aromatic carboxylic acids is 1. The fourth-order valence-corrected chi connectivity index (χ4v) is 3.10. The second-order valence-corrected chi connectivity index (χ2v) is 7.18. The summed E-state index contributed by atoms with van der Waals surface area (Å²) in [6.07, 6.45) is 0.722. The first-order chi connectivity index (χ1) is 14.2. The van der Waals surface area contributed by atoms with Gasteiger partial charge >= 0.3 is 5.97 Å². The predicted octanol–water partition coefficient (Wildman–Crippen LogP) is 2.37. The van der Waals surface area contributed by atoms with Gasteiger partial charge in [0.05, 0.1) is 17.2 Å². The molecule has 1 aliphatic rings. The van der Waals surface area contributed by atoms with E-state index in [1.165, 1.54) is 24.3 Å². The molecule has 0 unspecified atom stereocenters. The fraction of sp³-hybridized carbons (Fsp3) is 0.238. The predicted molar refractivity (Wildman–Crippen MR) is 108 cm³/mol. The third-order valence-corrected chi connectivity index (χ3v) is 4.68. The smallest absolute Gasteiger partial charge is 0.335 e. The van der Waals surface area contributed by atoms with Crippen LogP contribution in [0.15, 0.2) is 47.5 Å². The minimum absolute atomic E-state index is 0.0515. The molecule has 2 aromatic carbocycles. The average molecular weight is 405 g/mol. The van der Waals surface area contributed by atoms with Gasteiger partial charge in [0.2, 0.25) is 5.96 Å². The number of ether oxygens (including phenoxy) is 1. The molecule has 0 amide bonds. The Balaban J connectivity index is 2.00. The number of carboxylic acid groups (broad SMARTS) is 1. The second-order valence-electron chi connectivity index (χ2n) is 7.18. The van der Waals surface area contributed by atoms with E-state index in [4.69, 9.17) is 15.1 Å². The molecule has 0 fully saturated rings. The van der Waals surface area contributed by atoms with Crippen molar-refractivity contribution in [3.63, 3.8) is 0 Å². The highest BCUT2D eigenvalue weighted by Gasteiger charge is 2.43. The van der Waals surface area contributed by atoms with Crippen LogP contribution >= 0.6 is 0 Å². The Labute approximate surface area is 172 Å². The molecule has 30 heavy (non-hydrogen) atoms. The molecule has 0 saturated carbocycles. The van der Waals surface area contributed by atoms with Crippen molar-refractivity contribution in [1.82, 2.24) is 5.32 Å². The Kier molecular flexibility index (Phi) is 5.58. The molecule has 9 nitrogen and oxygen atoms in total. The van der Waals surface area contributed by atoms with Crippen LogP contribution in [0.5, 0.6) is 5.75 Å². The van der Waals surface area contributed by atoms with Crippen LogP contribution < -0.4 is 15.4 Å². The molecule has 0 bridgehead atoms. The average Bonchev–Trinajstić information content (AvgIpc) is 2.71. The van der Waals surface area contributed by atoms with Crippen LogP contribution in [0.25, 0.3) is 0 Å². The van der Waals surface area contributed by atoms with E-state index in [0.29, 0.717) is 22.6 Å². The summed E-state index contributed by atoms with van der Waals surface area (Å²) < 4.78 is 5.87. The van der Waals surface area contributed by atoms with Crippen LogP contribution in [-0.2, 0) is 0 Å². The molecule has 2 aromatic rings. The highest BCUT2D eigenvalue weighted by atomic mass is 16.5. The van der Waals surface area contributed by atoms with Crippen molar-refractivity contribution in [2.45, 2.75) is 31.6 Å². The molecular formula is C21H19N5O4. The van der Waals surface area contributed by atoms with Crippen molar-refractivity contribution in [3.05, 3.63) is 59.2 Å². The van der Waals surface area contributed by atoms with Crippen LogP contribution in [0, 0.1) is 22.8 Å². The molecular weight excluding hydrogens is 386 g/mol. The Hall–Kier alpha value is -4.08. The first kappa shape index (κ1) is 20.6. The minimum atomic E-state index is -1.06. The van der Waals surface area contributed by atoms with Crippen molar-refractivity contribution in [1.29, 1.82) is 10.5 Å². The number of nitrogens with one attached hydrogen (secondary N) is 2. The van der Waals surface area contributed by atoms with Gasteiger partial charge < -0.3 is 20.3 Å². The number of anilines is 1. The zero-order valence-electron chi connectivity index (χ0n) is 16.2. The van der Waals surface area contributed by atoms with E-state index in [9.17, 15) is 15.2 Å². The van der Waals surface area contributed by atoms with Crippen LogP contribution in [0.2, 0.25) is 0 Å². The first-order valence-electron chi connectivity index (χ1n) is 8.99. The van der Waals surface area contributed by atoms with Gasteiger partial charge in [-0.25, -0.2) is 9.79 Å². The van der Waals surface area contributed by atoms with E-state index in [1.54, 1.807) is 38.2 Å². The Bertz CT molecular complexity index is 1080. The van der Waals surface area contributed by atoms with Crippen molar-refractivity contribution < 1.29 is 19.7 Å². The number of rotatable bonds is 3. The quantitative estimate of drug-likeness (QED) is 0.263. The SMILES string of the molecule is CC1(C)Oc2ccc(C#N)cc2[C@@H](N=C(NC#N)Nc2ccc(C(=O)O)cc2)[C@@H]1O. The number of aliphatic hydroxyl groups is 1. The maximum atomic E-state index is 11.0. The van der Waals surface area contributed by atoms with E-state index in [-0.39, 0.29) is 11.5 Å². The van der Waals surface area contributed by atoms with E-state index < -0.39 is 23.7 Å². The van der Waals surface area contributed by atoms with E-state index in [1.807, 2.05) is 6.07 Å². The number of fused-ring (bicyclic) bond motifs is 1. The molecule has 0 saturated heterocycles. The number of aliphatic hydroxyl groups excluding tert-OH is 1. The normalized spacial score (nSPS) is 19.4. The number of carbonyl (C=O) groups is 1. The third kappa shape index (κ3) is 4.17. The summed E-state index contributed by atoms with van der Waals surface area (Å²) in [5, 5.41) is 43.6. The number of aliphatic imine (C=N–C) groups is 1. The van der Waals surface area contributed by atoms with E-state index >= 15 is 0 Å². The second kappa shape index (κ2) is 8.11. The lowest BCUT2D eigenvalue weighted by Gasteiger charge is -2.40. The van der Waals surface area contributed by atoms with Crippen molar-refractivity contribution >= 4 is 17.6 Å². The van der Waals surface area contributed by atoms with Crippen molar-refractivity contribution in [3.8, 4) is 18.0 Å². The van der Waals surface area contributed by atoms with Gasteiger partial charge in [-0.1, -0.05) is 0 Å². The number of carboxylic acids is 1. The highest BCUT2D eigenvalue weighted by molar-refractivity contribution is 5.95. The zero-order chi connectivity index (χ0) is 21.9. The molecule has 9 heteroatoms. The van der Waals surface area contributed by atoms with Crippen LogP contribution in [-0.4, -0.2) is 33.8 Å². The first-order valence-corrected chi connectivity index (χ1v) is 8.99. The number of hydrogen-bond acceptors (Lipinski definition) is 6. The van der Waals surface area contributed by atoms with Gasteiger partial charge in [-0.2, -0.15) is 10.5 Å². The Morgan fingerprint density at radius 2 is 1.90 bits per heavy atom. The summed E-state index contributed by atoms with van der Waals surface area (Å²) in [4.78, 5) is 15.5. The summed E-state index contributed by atoms with van der Waals surface area (Å²) >= 11 is 0. The number of nitrogens with zero attached hydrogens (tertiary/aromatic N) is 3. The summed E-state index contributed by atoms with van der Waals surface area (Å²) in [6.45, 7) is 3.44. The van der Waals surface area contributed by atoms with Gasteiger partial charge in [0.1, 0.15) is 23.5 Å². The van der Waals surface area contributed by atoms with Gasteiger partial charge in [-0.05, 0) is 56.3 Å². The van der Waals surface area contributed by atoms with Gasteiger partial charge in [-0.15, -0.1) is 0 Å². The summed E-state index contributed by atoms with van der Waals surface area (Å²) in [6, 6.07) is 12.0. The van der Waals surface area contributed by atoms with Gasteiger partial charge in [0.15, 0.2) is 6.19 Å². The summed E-state index contributed by atoms with van der Waals surface area (Å²) in [5.41, 5.74) is 0.550. The fourth-order valence-electron chi connectivity index (χ4n) is 3.10. The number of benzene rings is 2. The monoisotopic (exact) mass is 405 g/mol. The van der Waals surface area contributed by atoms with Crippen molar-refractivity contribution in [2.24, 2.45) is 4.99 Å². The Morgan fingerprint density at radius 1 is 1.20 bits per heavy atom. The molecule has 1 aliphatic heterocycles. The van der Waals surface area contributed by atoms with E-state index in [2.05, 4.69) is 15.6 Å². The maximum Gasteiger partial charge on any atom is 0.335 e. The van der Waals surface area contributed by atoms with Gasteiger partial charge in [-0.3, -0.25) is 5.32 Å². The molecule has 0 aromatic heterocycles. The topological polar surface area (TPSA) is 151 Å².